The minimum atomic E-state index is -3.55. The number of hydrogen-bond donors (Lipinski definition) is 0. The van der Waals surface area contributed by atoms with Crippen LogP contribution in [-0.4, -0.2) is 56.3 Å². The van der Waals surface area contributed by atoms with Crippen LogP contribution in [0.2, 0.25) is 0 Å². The van der Waals surface area contributed by atoms with E-state index in [1.54, 1.807) is 29.2 Å². The lowest BCUT2D eigenvalue weighted by molar-refractivity contribution is -0.132. The first kappa shape index (κ1) is 21.8. The molecule has 6 nitrogen and oxygen atoms in total. The second kappa shape index (κ2) is 9.73. The number of carbonyl (C=O) groups is 1. The highest BCUT2D eigenvalue weighted by Crippen LogP contribution is 2.22. The third-order valence-corrected chi connectivity index (χ3v) is 7.29. The molecule has 0 unspecified atom stereocenters. The smallest absolute Gasteiger partial charge is 0.243 e. The van der Waals surface area contributed by atoms with Gasteiger partial charge < -0.3 is 9.64 Å². The van der Waals surface area contributed by atoms with Crippen LogP contribution in [0.3, 0.4) is 0 Å². The molecule has 1 aliphatic heterocycles. The first-order valence-electron chi connectivity index (χ1n) is 9.66. The highest BCUT2D eigenvalue weighted by molar-refractivity contribution is 9.10. The molecular weight excluding hydrogens is 456 g/mol. The maximum Gasteiger partial charge on any atom is 0.243 e. The van der Waals surface area contributed by atoms with Crippen LogP contribution in [0.1, 0.15) is 18.9 Å². The summed E-state index contributed by atoms with van der Waals surface area (Å²) in [6.07, 6.45) is 0.980. The van der Waals surface area contributed by atoms with Crippen LogP contribution in [0.5, 0.6) is 5.75 Å². The molecule has 8 heteroatoms. The van der Waals surface area contributed by atoms with Gasteiger partial charge in [0, 0.05) is 37.1 Å². The van der Waals surface area contributed by atoms with Crippen LogP contribution in [0.15, 0.2) is 57.9 Å². The van der Waals surface area contributed by atoms with Crippen molar-refractivity contribution in [1.29, 1.82) is 0 Å². The zero-order chi connectivity index (χ0) is 20.9. The van der Waals surface area contributed by atoms with Gasteiger partial charge in [0.1, 0.15) is 5.75 Å². The molecule has 1 fully saturated rings. The molecule has 1 saturated heterocycles. The molecule has 0 aliphatic carbocycles. The number of para-hydroxylation sites is 1. The summed E-state index contributed by atoms with van der Waals surface area (Å²) in [5.74, 6) is 0.850. The number of benzene rings is 2. The Morgan fingerprint density at radius 3 is 2.48 bits per heavy atom. The number of hydrogen-bond acceptors (Lipinski definition) is 4. The monoisotopic (exact) mass is 480 g/mol. The van der Waals surface area contributed by atoms with Gasteiger partial charge in [-0.05, 0) is 43.2 Å². The number of carbonyl (C=O) groups excluding carboxylic acids is 1. The largest absolute Gasteiger partial charge is 0.494 e. The third-order valence-electron chi connectivity index (χ3n) is 4.91. The van der Waals surface area contributed by atoms with Gasteiger partial charge in [-0.2, -0.15) is 4.31 Å². The summed E-state index contributed by atoms with van der Waals surface area (Å²) in [6.45, 7) is 3.92. The minimum absolute atomic E-state index is 0.0378. The number of nitrogens with zero attached hydrogens (tertiary/aromatic N) is 2. The van der Waals surface area contributed by atoms with E-state index in [9.17, 15) is 13.2 Å². The number of rotatable bonds is 7. The molecule has 0 saturated carbocycles. The van der Waals surface area contributed by atoms with Crippen molar-refractivity contribution in [2.75, 3.05) is 32.8 Å². The van der Waals surface area contributed by atoms with E-state index in [2.05, 4.69) is 15.9 Å². The van der Waals surface area contributed by atoms with E-state index in [1.165, 1.54) is 4.31 Å². The quantitative estimate of drug-likeness (QED) is 0.609. The Balaban J connectivity index is 1.56. The lowest BCUT2D eigenvalue weighted by atomic mass is 10.1. The van der Waals surface area contributed by atoms with Crippen LogP contribution in [0.4, 0.5) is 0 Å². The second-order valence-corrected chi connectivity index (χ2v) is 9.64. The molecular formula is C21H25BrN2O4S. The SMILES string of the molecule is CCOc1ccccc1CCC(=O)N1CCN(S(=O)(=O)c2cccc(Br)c2)CC1. The number of amides is 1. The van der Waals surface area contributed by atoms with Crippen molar-refractivity contribution in [3.8, 4) is 5.75 Å². The lowest BCUT2D eigenvalue weighted by Crippen LogP contribution is -2.50. The summed E-state index contributed by atoms with van der Waals surface area (Å²) >= 11 is 3.31. The first-order valence-corrected chi connectivity index (χ1v) is 11.9. The Kier molecular flexibility index (Phi) is 7.32. The van der Waals surface area contributed by atoms with Crippen molar-refractivity contribution in [2.45, 2.75) is 24.7 Å². The number of sulfonamides is 1. The average molecular weight is 481 g/mol. The van der Waals surface area contributed by atoms with Gasteiger partial charge in [0.2, 0.25) is 15.9 Å². The van der Waals surface area contributed by atoms with E-state index in [1.807, 2.05) is 31.2 Å². The molecule has 0 atom stereocenters. The molecule has 2 aromatic carbocycles. The molecule has 0 radical (unpaired) electrons. The van der Waals surface area contributed by atoms with Gasteiger partial charge >= 0.3 is 0 Å². The zero-order valence-electron chi connectivity index (χ0n) is 16.4. The predicted octanol–water partition coefficient (Wildman–Crippen LogP) is 3.31. The Bertz CT molecular complexity index is 957. The van der Waals surface area contributed by atoms with E-state index < -0.39 is 10.0 Å². The van der Waals surface area contributed by atoms with Gasteiger partial charge in [-0.15, -0.1) is 0 Å². The molecule has 156 valence electrons. The lowest BCUT2D eigenvalue weighted by Gasteiger charge is -2.34. The normalized spacial score (nSPS) is 15.3. The third kappa shape index (κ3) is 5.38. The van der Waals surface area contributed by atoms with Gasteiger partial charge in [-0.25, -0.2) is 8.42 Å². The Morgan fingerprint density at radius 1 is 1.07 bits per heavy atom. The Morgan fingerprint density at radius 2 is 1.79 bits per heavy atom. The molecule has 29 heavy (non-hydrogen) atoms. The molecule has 0 aromatic heterocycles. The van der Waals surface area contributed by atoms with Crippen LogP contribution in [-0.2, 0) is 21.2 Å². The van der Waals surface area contributed by atoms with Crippen LogP contribution in [0, 0.1) is 0 Å². The van der Waals surface area contributed by atoms with Crippen molar-refractivity contribution >= 4 is 31.9 Å². The molecule has 3 rings (SSSR count). The molecule has 0 bridgehead atoms. The fraction of sp³-hybridized carbons (Fsp3) is 0.381. The minimum Gasteiger partial charge on any atom is -0.494 e. The molecule has 1 heterocycles. The fourth-order valence-electron chi connectivity index (χ4n) is 3.36. The fourth-order valence-corrected chi connectivity index (χ4v) is 5.38. The standard InChI is InChI=1S/C21H25BrN2O4S/c1-2-28-20-9-4-3-6-17(20)10-11-21(25)23-12-14-24(15-13-23)29(26,27)19-8-5-7-18(22)16-19/h3-9,16H,2,10-15H2,1H3. The van der Waals surface area contributed by atoms with Crippen LogP contribution < -0.4 is 4.74 Å². The summed E-state index contributed by atoms with van der Waals surface area (Å²) in [6, 6.07) is 14.4. The highest BCUT2D eigenvalue weighted by atomic mass is 79.9. The molecule has 1 aliphatic rings. The van der Waals surface area contributed by atoms with E-state index in [0.717, 1.165) is 15.8 Å². The summed E-state index contributed by atoms with van der Waals surface area (Å²) < 4.78 is 33.4. The number of aryl methyl sites for hydroxylation is 1. The van der Waals surface area contributed by atoms with E-state index >= 15 is 0 Å². The van der Waals surface area contributed by atoms with Crippen molar-refractivity contribution in [2.24, 2.45) is 0 Å². The Hall–Kier alpha value is -1.90. The van der Waals surface area contributed by atoms with Gasteiger partial charge in [-0.1, -0.05) is 40.2 Å². The van der Waals surface area contributed by atoms with Crippen molar-refractivity contribution in [1.82, 2.24) is 9.21 Å². The van der Waals surface area contributed by atoms with E-state index in [4.69, 9.17) is 4.74 Å². The summed E-state index contributed by atoms with van der Waals surface area (Å²) in [7, 11) is -3.55. The highest BCUT2D eigenvalue weighted by Gasteiger charge is 2.30. The van der Waals surface area contributed by atoms with Crippen molar-refractivity contribution < 1.29 is 17.9 Å². The van der Waals surface area contributed by atoms with Gasteiger partial charge in [0.15, 0.2) is 0 Å². The number of piperazine rings is 1. The second-order valence-electron chi connectivity index (χ2n) is 6.78. The molecule has 0 spiro atoms. The van der Waals surface area contributed by atoms with Crippen molar-refractivity contribution in [3.63, 3.8) is 0 Å². The van der Waals surface area contributed by atoms with Crippen LogP contribution >= 0.6 is 15.9 Å². The summed E-state index contributed by atoms with van der Waals surface area (Å²) in [5, 5.41) is 0. The molecule has 1 amide bonds. The summed E-state index contributed by atoms with van der Waals surface area (Å²) in [4.78, 5) is 14.6. The number of halogens is 1. The topological polar surface area (TPSA) is 66.9 Å². The maximum absolute atomic E-state index is 12.8. The van der Waals surface area contributed by atoms with E-state index in [-0.39, 0.29) is 10.8 Å². The van der Waals surface area contributed by atoms with Gasteiger partial charge in [0.25, 0.3) is 0 Å². The van der Waals surface area contributed by atoms with Crippen molar-refractivity contribution in [3.05, 3.63) is 58.6 Å². The predicted molar refractivity (Wildman–Crippen MR) is 115 cm³/mol. The van der Waals surface area contributed by atoms with Crippen LogP contribution in [0.25, 0.3) is 0 Å². The summed E-state index contributed by atoms with van der Waals surface area (Å²) in [5.41, 5.74) is 1.01. The molecule has 2 aromatic rings. The van der Waals surface area contributed by atoms with Gasteiger partial charge in [0.05, 0.1) is 11.5 Å². The average Bonchev–Trinajstić information content (AvgIpc) is 2.73. The van der Waals surface area contributed by atoms with Gasteiger partial charge in [-0.3, -0.25) is 4.79 Å². The zero-order valence-corrected chi connectivity index (χ0v) is 18.8. The maximum atomic E-state index is 12.8. The van der Waals surface area contributed by atoms with E-state index in [0.29, 0.717) is 45.6 Å². The Labute approximate surface area is 180 Å². The first-order chi connectivity index (χ1) is 13.9. The molecule has 0 N–H and O–H groups in total. The number of ether oxygens (including phenoxy) is 1.